The van der Waals surface area contributed by atoms with Crippen LogP contribution in [-0.2, 0) is 17.6 Å². The van der Waals surface area contributed by atoms with Gasteiger partial charge in [0.15, 0.2) is 0 Å². The zero-order chi connectivity index (χ0) is 16.2. The van der Waals surface area contributed by atoms with Gasteiger partial charge in [-0.1, -0.05) is 23.7 Å². The Bertz CT molecular complexity index is 829. The van der Waals surface area contributed by atoms with E-state index in [1.165, 1.54) is 12.1 Å². The van der Waals surface area contributed by atoms with Crippen molar-refractivity contribution in [2.75, 3.05) is 6.54 Å². The van der Waals surface area contributed by atoms with E-state index in [0.29, 0.717) is 23.7 Å². The van der Waals surface area contributed by atoms with Gasteiger partial charge in [-0.25, -0.2) is 9.37 Å². The van der Waals surface area contributed by atoms with E-state index in [2.05, 4.69) is 10.3 Å². The molecule has 0 unspecified atom stereocenters. The van der Waals surface area contributed by atoms with Gasteiger partial charge in [-0.15, -0.1) is 0 Å². The van der Waals surface area contributed by atoms with Crippen LogP contribution < -0.4 is 5.32 Å². The number of hydrogen-bond donors (Lipinski definition) is 1. The molecule has 2 heterocycles. The summed E-state index contributed by atoms with van der Waals surface area (Å²) < 4.78 is 14.6. The van der Waals surface area contributed by atoms with E-state index < -0.39 is 0 Å². The Balaban J connectivity index is 1.53. The molecule has 1 N–H and O–H groups in total. The van der Waals surface area contributed by atoms with Crippen molar-refractivity contribution in [2.45, 2.75) is 12.8 Å². The maximum Gasteiger partial charge on any atom is 0.226 e. The first-order chi connectivity index (χ1) is 11.1. The van der Waals surface area contributed by atoms with Gasteiger partial charge in [0, 0.05) is 18.9 Å². The number of carbonyl (C=O) groups is 1. The van der Waals surface area contributed by atoms with Crippen molar-refractivity contribution in [2.24, 2.45) is 0 Å². The molecule has 0 fully saturated rings. The molecule has 0 radical (unpaired) electrons. The highest BCUT2D eigenvalue weighted by Crippen LogP contribution is 2.12. The van der Waals surface area contributed by atoms with Crippen molar-refractivity contribution in [3.63, 3.8) is 0 Å². The third-order valence-corrected chi connectivity index (χ3v) is 3.68. The van der Waals surface area contributed by atoms with Gasteiger partial charge in [0.2, 0.25) is 5.91 Å². The summed E-state index contributed by atoms with van der Waals surface area (Å²) >= 11 is 5.92. The molecule has 1 amide bonds. The van der Waals surface area contributed by atoms with Crippen LogP contribution in [0.3, 0.4) is 0 Å². The fourth-order valence-electron chi connectivity index (χ4n) is 2.33. The predicted molar refractivity (Wildman–Crippen MR) is 87.0 cm³/mol. The van der Waals surface area contributed by atoms with Crippen LogP contribution in [-0.4, -0.2) is 21.8 Å². The molecule has 0 bridgehead atoms. The SMILES string of the molecule is O=C(Cc1cn2cc(Cl)ccc2n1)NCCc1ccc(F)cc1. The smallest absolute Gasteiger partial charge is 0.226 e. The number of benzene rings is 1. The van der Waals surface area contributed by atoms with Gasteiger partial charge in [-0.3, -0.25) is 4.79 Å². The minimum absolute atomic E-state index is 0.0957. The number of pyridine rings is 1. The second-order valence-corrected chi connectivity index (χ2v) is 5.68. The quantitative estimate of drug-likeness (QED) is 0.781. The average Bonchev–Trinajstić information content (AvgIpc) is 2.90. The number of carbonyl (C=O) groups excluding carboxylic acids is 1. The summed E-state index contributed by atoms with van der Waals surface area (Å²) in [5, 5.41) is 3.46. The summed E-state index contributed by atoms with van der Waals surface area (Å²) in [6.45, 7) is 0.504. The number of nitrogens with zero attached hydrogens (tertiary/aromatic N) is 2. The molecule has 2 aromatic heterocycles. The molecule has 118 valence electrons. The van der Waals surface area contributed by atoms with Crippen LogP contribution in [0.1, 0.15) is 11.3 Å². The van der Waals surface area contributed by atoms with Crippen LogP contribution in [0.2, 0.25) is 5.02 Å². The monoisotopic (exact) mass is 331 g/mol. The zero-order valence-corrected chi connectivity index (χ0v) is 13.1. The second-order valence-electron chi connectivity index (χ2n) is 5.25. The van der Waals surface area contributed by atoms with Crippen LogP contribution >= 0.6 is 11.6 Å². The lowest BCUT2D eigenvalue weighted by Gasteiger charge is -2.04. The molecule has 0 aliphatic carbocycles. The van der Waals surface area contributed by atoms with Gasteiger partial charge < -0.3 is 9.72 Å². The molecule has 0 aliphatic heterocycles. The van der Waals surface area contributed by atoms with Gasteiger partial charge >= 0.3 is 0 Å². The molecule has 6 heteroatoms. The lowest BCUT2D eigenvalue weighted by molar-refractivity contribution is -0.120. The van der Waals surface area contributed by atoms with Crippen molar-refractivity contribution in [1.82, 2.24) is 14.7 Å². The summed E-state index contributed by atoms with van der Waals surface area (Å²) in [7, 11) is 0. The molecule has 0 saturated heterocycles. The molecule has 1 aromatic carbocycles. The van der Waals surface area contributed by atoms with E-state index in [0.717, 1.165) is 11.2 Å². The number of imidazole rings is 1. The zero-order valence-electron chi connectivity index (χ0n) is 12.3. The van der Waals surface area contributed by atoms with Crippen LogP contribution in [0.15, 0.2) is 48.8 Å². The largest absolute Gasteiger partial charge is 0.355 e. The molecule has 23 heavy (non-hydrogen) atoms. The molecule has 3 rings (SSSR count). The molecular weight excluding hydrogens is 317 g/mol. The Hall–Kier alpha value is -2.40. The Labute approximate surface area is 137 Å². The maximum atomic E-state index is 12.8. The topological polar surface area (TPSA) is 46.4 Å². The van der Waals surface area contributed by atoms with Gasteiger partial charge in [-0.2, -0.15) is 0 Å². The van der Waals surface area contributed by atoms with Crippen molar-refractivity contribution in [1.29, 1.82) is 0 Å². The van der Waals surface area contributed by atoms with Crippen LogP contribution in [0.4, 0.5) is 4.39 Å². The summed E-state index contributed by atoms with van der Waals surface area (Å²) in [5.74, 6) is -0.355. The van der Waals surface area contributed by atoms with Gasteiger partial charge in [-0.05, 0) is 36.2 Å². The number of hydrogen-bond acceptors (Lipinski definition) is 2. The molecule has 0 atom stereocenters. The van der Waals surface area contributed by atoms with Gasteiger partial charge in [0.1, 0.15) is 11.5 Å². The highest BCUT2D eigenvalue weighted by atomic mass is 35.5. The first kappa shape index (κ1) is 15.5. The predicted octanol–water partition coefficient (Wildman–Crippen LogP) is 3.03. The number of fused-ring (bicyclic) bond motifs is 1. The van der Waals surface area contributed by atoms with Crippen LogP contribution in [0, 0.1) is 5.82 Å². The van der Waals surface area contributed by atoms with E-state index in [4.69, 9.17) is 11.6 Å². The second kappa shape index (κ2) is 6.79. The van der Waals surface area contributed by atoms with E-state index >= 15 is 0 Å². The fourth-order valence-corrected chi connectivity index (χ4v) is 2.49. The highest BCUT2D eigenvalue weighted by Gasteiger charge is 2.07. The van der Waals surface area contributed by atoms with Crippen LogP contribution in [0.5, 0.6) is 0 Å². The van der Waals surface area contributed by atoms with Crippen molar-refractivity contribution >= 4 is 23.2 Å². The Morgan fingerprint density at radius 3 is 2.74 bits per heavy atom. The maximum absolute atomic E-state index is 12.8. The summed E-state index contributed by atoms with van der Waals surface area (Å²) in [5.41, 5.74) is 2.42. The normalized spacial score (nSPS) is 10.9. The number of nitrogens with one attached hydrogen (secondary N) is 1. The number of halogens is 2. The first-order valence-corrected chi connectivity index (χ1v) is 7.62. The minimum atomic E-state index is -0.260. The molecular formula is C17H15ClFN3O. The van der Waals surface area contributed by atoms with Gasteiger partial charge in [0.05, 0.1) is 17.1 Å². The highest BCUT2D eigenvalue weighted by molar-refractivity contribution is 6.30. The first-order valence-electron chi connectivity index (χ1n) is 7.24. The van der Waals surface area contributed by atoms with E-state index in [9.17, 15) is 9.18 Å². The molecule has 0 spiro atoms. The van der Waals surface area contributed by atoms with Crippen molar-refractivity contribution in [3.05, 3.63) is 70.9 Å². The third-order valence-electron chi connectivity index (χ3n) is 3.46. The Morgan fingerprint density at radius 1 is 1.17 bits per heavy atom. The van der Waals surface area contributed by atoms with Crippen LogP contribution in [0.25, 0.3) is 5.65 Å². The molecule has 0 aliphatic rings. The van der Waals surface area contributed by atoms with Crippen molar-refractivity contribution in [3.8, 4) is 0 Å². The minimum Gasteiger partial charge on any atom is -0.355 e. The van der Waals surface area contributed by atoms with E-state index in [1.54, 1.807) is 41.1 Å². The fraction of sp³-hybridized carbons (Fsp3) is 0.176. The molecule has 4 nitrogen and oxygen atoms in total. The molecule has 0 saturated carbocycles. The number of aromatic nitrogens is 2. The summed E-state index contributed by atoms with van der Waals surface area (Å²) in [4.78, 5) is 16.3. The van der Waals surface area contributed by atoms with E-state index in [1.807, 2.05) is 0 Å². The third kappa shape index (κ3) is 4.07. The average molecular weight is 332 g/mol. The standard InChI is InChI=1S/C17H15ClFN3O/c18-13-3-6-16-21-15(11-22(16)10-13)9-17(23)20-8-7-12-1-4-14(19)5-2-12/h1-6,10-11H,7-9H2,(H,20,23). The Kier molecular flexibility index (Phi) is 4.57. The lowest BCUT2D eigenvalue weighted by atomic mass is 10.1. The lowest BCUT2D eigenvalue weighted by Crippen LogP contribution is -2.27. The van der Waals surface area contributed by atoms with Gasteiger partial charge in [0.25, 0.3) is 0 Å². The summed E-state index contributed by atoms with van der Waals surface area (Å²) in [6, 6.07) is 9.83. The van der Waals surface area contributed by atoms with E-state index in [-0.39, 0.29) is 18.1 Å². The molecule has 3 aromatic rings. The Morgan fingerprint density at radius 2 is 1.96 bits per heavy atom. The summed E-state index contributed by atoms with van der Waals surface area (Å²) in [6.07, 6.45) is 4.41. The van der Waals surface area contributed by atoms with Crippen molar-refractivity contribution < 1.29 is 9.18 Å². The number of amides is 1. The number of rotatable bonds is 5.